The Morgan fingerprint density at radius 3 is 1.76 bits per heavy atom. The van der Waals surface area contributed by atoms with Gasteiger partial charge in [-0.3, -0.25) is 9.59 Å². The lowest BCUT2D eigenvalue weighted by Gasteiger charge is -2.43. The number of carboxylic acid groups (broad SMARTS) is 1. The van der Waals surface area contributed by atoms with Gasteiger partial charge in [0.05, 0.1) is 18.1 Å². The third-order valence-corrected chi connectivity index (χ3v) is 6.66. The Hall–Kier alpha value is -1.36. The number of carbonyl (C=O) groups excluding carboxylic acids is 1. The summed E-state index contributed by atoms with van der Waals surface area (Å²) in [6.45, 7) is 0. The van der Waals surface area contributed by atoms with Crippen LogP contribution in [0.1, 0.15) is 64.2 Å². The van der Waals surface area contributed by atoms with E-state index >= 15 is 0 Å². The topological polar surface area (TPSA) is 66.8 Å². The van der Waals surface area contributed by atoms with Gasteiger partial charge in [-0.1, -0.05) is 50.7 Å². The Morgan fingerprint density at radius 1 is 0.800 bits per heavy atom. The van der Waals surface area contributed by atoms with E-state index in [1.165, 1.54) is 38.5 Å². The fourth-order valence-electron chi connectivity index (χ4n) is 5.45. The molecule has 138 valence electrons. The van der Waals surface area contributed by atoms with E-state index in [0.29, 0.717) is 12.1 Å². The van der Waals surface area contributed by atoms with Crippen molar-refractivity contribution in [3.05, 3.63) is 12.2 Å². The van der Waals surface area contributed by atoms with Crippen LogP contribution in [-0.4, -0.2) is 46.2 Å². The highest BCUT2D eigenvalue weighted by atomic mass is 16.5. The molecule has 4 unspecified atom stereocenters. The van der Waals surface area contributed by atoms with Crippen LogP contribution in [-0.2, 0) is 14.3 Å². The lowest BCUT2D eigenvalue weighted by molar-refractivity contribution is -0.152. The smallest absolute Gasteiger partial charge is 0.310 e. The van der Waals surface area contributed by atoms with Gasteiger partial charge in [-0.05, 0) is 25.7 Å². The van der Waals surface area contributed by atoms with Crippen LogP contribution in [0.3, 0.4) is 0 Å². The van der Waals surface area contributed by atoms with Crippen molar-refractivity contribution in [1.29, 1.82) is 0 Å². The molecule has 2 aliphatic heterocycles. The third kappa shape index (κ3) is 3.12. The van der Waals surface area contributed by atoms with Crippen LogP contribution in [0.25, 0.3) is 0 Å². The molecule has 0 aromatic heterocycles. The quantitative estimate of drug-likeness (QED) is 0.794. The second kappa shape index (κ2) is 7.10. The first-order valence-corrected chi connectivity index (χ1v) is 10.1. The fraction of sp³-hybridized carbons (Fsp3) is 0.800. The summed E-state index contributed by atoms with van der Waals surface area (Å²) in [6.07, 6.45) is 14.4. The molecule has 2 aliphatic carbocycles. The monoisotopic (exact) mass is 347 g/mol. The zero-order valence-electron chi connectivity index (χ0n) is 14.8. The van der Waals surface area contributed by atoms with Gasteiger partial charge in [-0.25, -0.2) is 0 Å². The molecular weight excluding hydrogens is 318 g/mol. The first kappa shape index (κ1) is 17.1. The predicted octanol–water partition coefficient (Wildman–Crippen LogP) is 3.13. The minimum atomic E-state index is -0.901. The molecule has 2 bridgehead atoms. The normalized spacial score (nSPS) is 35.8. The summed E-state index contributed by atoms with van der Waals surface area (Å²) >= 11 is 0. The van der Waals surface area contributed by atoms with Gasteiger partial charge >= 0.3 is 5.97 Å². The van der Waals surface area contributed by atoms with Gasteiger partial charge < -0.3 is 14.7 Å². The summed E-state index contributed by atoms with van der Waals surface area (Å²) in [5.74, 6) is -2.13. The van der Waals surface area contributed by atoms with Crippen LogP contribution in [0.4, 0.5) is 0 Å². The van der Waals surface area contributed by atoms with E-state index in [-0.39, 0.29) is 12.0 Å². The number of fused-ring (bicyclic) bond motifs is 2. The Labute approximate surface area is 149 Å². The van der Waals surface area contributed by atoms with Gasteiger partial charge in [0.15, 0.2) is 0 Å². The lowest BCUT2D eigenvalue weighted by atomic mass is 9.80. The molecule has 2 heterocycles. The number of rotatable bonds is 4. The number of carbonyl (C=O) groups is 2. The summed E-state index contributed by atoms with van der Waals surface area (Å²) in [4.78, 5) is 27.5. The zero-order chi connectivity index (χ0) is 17.4. The standard InChI is InChI=1S/C20H29NO4/c22-19(17-15-11-12-16(25-15)18(17)20(23)24)21(13-7-3-1-4-8-13)14-9-5-2-6-10-14/h11-18H,1-10H2,(H,23,24). The minimum Gasteiger partial charge on any atom is -0.481 e. The molecule has 1 saturated heterocycles. The van der Waals surface area contributed by atoms with Crippen molar-refractivity contribution in [1.82, 2.24) is 4.90 Å². The zero-order valence-corrected chi connectivity index (χ0v) is 14.8. The van der Waals surface area contributed by atoms with Crippen molar-refractivity contribution in [3.63, 3.8) is 0 Å². The van der Waals surface area contributed by atoms with Crippen LogP contribution >= 0.6 is 0 Å². The molecule has 5 heteroatoms. The lowest BCUT2D eigenvalue weighted by Crippen LogP contribution is -2.54. The number of carboxylic acids is 1. The van der Waals surface area contributed by atoms with Gasteiger partial charge in [0.25, 0.3) is 0 Å². The minimum absolute atomic E-state index is 0.0445. The molecule has 25 heavy (non-hydrogen) atoms. The van der Waals surface area contributed by atoms with Crippen LogP contribution in [0.5, 0.6) is 0 Å². The average molecular weight is 347 g/mol. The summed E-state index contributed by atoms with van der Waals surface area (Å²) in [7, 11) is 0. The molecule has 0 aromatic rings. The van der Waals surface area contributed by atoms with E-state index in [4.69, 9.17) is 4.74 Å². The van der Waals surface area contributed by atoms with E-state index in [0.717, 1.165) is 25.7 Å². The second-order valence-corrected chi connectivity index (χ2v) is 8.17. The van der Waals surface area contributed by atoms with Gasteiger partial charge in [-0.2, -0.15) is 0 Å². The van der Waals surface area contributed by atoms with Gasteiger partial charge in [0.1, 0.15) is 5.92 Å². The molecule has 3 fully saturated rings. The number of ether oxygens (including phenoxy) is 1. The van der Waals surface area contributed by atoms with E-state index in [1.54, 1.807) is 0 Å². The van der Waals surface area contributed by atoms with Crippen LogP contribution in [0, 0.1) is 11.8 Å². The molecule has 1 N–H and O–H groups in total. The van der Waals surface area contributed by atoms with Crippen LogP contribution < -0.4 is 0 Å². The Balaban J connectivity index is 1.60. The van der Waals surface area contributed by atoms with Gasteiger partial charge in [0, 0.05) is 12.1 Å². The van der Waals surface area contributed by atoms with Crippen molar-refractivity contribution in [3.8, 4) is 0 Å². The second-order valence-electron chi connectivity index (χ2n) is 8.17. The number of hydrogen-bond donors (Lipinski definition) is 1. The molecule has 4 aliphatic rings. The molecule has 5 nitrogen and oxygen atoms in total. The van der Waals surface area contributed by atoms with Crippen molar-refractivity contribution in [2.24, 2.45) is 11.8 Å². The Kier molecular flexibility index (Phi) is 4.85. The molecule has 0 spiro atoms. The Bertz CT molecular complexity index is 530. The van der Waals surface area contributed by atoms with Crippen LogP contribution in [0.2, 0.25) is 0 Å². The predicted molar refractivity (Wildman–Crippen MR) is 93.0 cm³/mol. The van der Waals surface area contributed by atoms with E-state index in [2.05, 4.69) is 4.90 Å². The average Bonchev–Trinajstić information content (AvgIpc) is 3.25. The maximum Gasteiger partial charge on any atom is 0.310 e. The van der Waals surface area contributed by atoms with Crippen molar-refractivity contribution < 1.29 is 19.4 Å². The maximum absolute atomic E-state index is 13.6. The van der Waals surface area contributed by atoms with E-state index < -0.39 is 23.9 Å². The molecule has 1 amide bonds. The molecule has 0 radical (unpaired) electrons. The fourth-order valence-corrected chi connectivity index (χ4v) is 5.45. The Morgan fingerprint density at radius 2 is 1.28 bits per heavy atom. The number of nitrogens with zero attached hydrogens (tertiary/aromatic N) is 1. The highest BCUT2D eigenvalue weighted by Gasteiger charge is 2.55. The summed E-state index contributed by atoms with van der Waals surface area (Å²) in [5.41, 5.74) is 0. The summed E-state index contributed by atoms with van der Waals surface area (Å²) in [6, 6.07) is 0.587. The maximum atomic E-state index is 13.6. The number of aliphatic carboxylic acids is 1. The molecular formula is C20H29NO4. The van der Waals surface area contributed by atoms with Crippen molar-refractivity contribution >= 4 is 11.9 Å². The third-order valence-electron chi connectivity index (χ3n) is 6.66. The van der Waals surface area contributed by atoms with Crippen molar-refractivity contribution in [2.45, 2.75) is 88.5 Å². The SMILES string of the molecule is O=C(O)C1C2C=CC(O2)C1C(=O)N(C1CCCCC1)C1CCCCC1. The van der Waals surface area contributed by atoms with E-state index in [1.807, 2.05) is 12.2 Å². The van der Waals surface area contributed by atoms with Gasteiger partial charge in [0.2, 0.25) is 5.91 Å². The number of amides is 1. The largest absolute Gasteiger partial charge is 0.481 e. The first-order chi connectivity index (χ1) is 12.2. The number of hydrogen-bond acceptors (Lipinski definition) is 3. The molecule has 4 rings (SSSR count). The molecule has 2 saturated carbocycles. The van der Waals surface area contributed by atoms with E-state index in [9.17, 15) is 14.7 Å². The molecule has 4 atom stereocenters. The highest BCUT2D eigenvalue weighted by molar-refractivity contribution is 5.87. The van der Waals surface area contributed by atoms with Gasteiger partial charge in [-0.15, -0.1) is 0 Å². The first-order valence-electron chi connectivity index (χ1n) is 10.1. The van der Waals surface area contributed by atoms with Crippen LogP contribution in [0.15, 0.2) is 12.2 Å². The molecule has 0 aromatic carbocycles. The summed E-state index contributed by atoms with van der Waals surface area (Å²) < 4.78 is 5.77. The van der Waals surface area contributed by atoms with Crippen molar-refractivity contribution in [2.75, 3.05) is 0 Å². The highest BCUT2D eigenvalue weighted by Crippen LogP contribution is 2.42. The summed E-state index contributed by atoms with van der Waals surface area (Å²) in [5, 5.41) is 9.67.